The number of hydrogen-bond acceptors (Lipinski definition) is 5. The summed E-state index contributed by atoms with van der Waals surface area (Å²) in [6.45, 7) is 8.89. The van der Waals surface area contributed by atoms with E-state index in [9.17, 15) is 19.8 Å². The predicted molar refractivity (Wildman–Crippen MR) is 118 cm³/mol. The minimum atomic E-state index is -0.561. The fraction of sp³-hybridized carbons (Fsp3) is 0.462. The van der Waals surface area contributed by atoms with Crippen molar-refractivity contribution >= 4 is 12.6 Å². The zero-order chi connectivity index (χ0) is 22.6. The van der Waals surface area contributed by atoms with E-state index < -0.39 is 11.4 Å². The number of benzene rings is 2. The smallest absolute Gasteiger partial charge is 0.157 e. The van der Waals surface area contributed by atoms with Crippen LogP contribution in [-0.4, -0.2) is 28.4 Å². The largest absolute Gasteiger partial charge is 0.507 e. The molecule has 2 aliphatic rings. The van der Waals surface area contributed by atoms with Crippen LogP contribution in [0.2, 0.25) is 0 Å². The van der Waals surface area contributed by atoms with E-state index in [2.05, 4.69) is 27.7 Å². The summed E-state index contributed by atoms with van der Waals surface area (Å²) >= 11 is 0. The van der Waals surface area contributed by atoms with Crippen LogP contribution in [0.3, 0.4) is 0 Å². The van der Waals surface area contributed by atoms with E-state index >= 15 is 0 Å². The number of carbonyl (C=O) groups excluding carboxylic acids is 2. The van der Waals surface area contributed by atoms with E-state index in [1.54, 1.807) is 0 Å². The SMILES string of the molecule is CC(C)C1CC[C@]2(C[C@@H](c3ccccc3)c3c(O)c(C=O)c(O)c(C=O)c3O2)C1(C)C. The second-order valence-corrected chi connectivity index (χ2v) is 9.88. The highest BCUT2D eigenvalue weighted by Gasteiger charge is 2.60. The molecule has 1 unspecified atom stereocenters. The molecule has 3 atom stereocenters. The number of hydrogen-bond donors (Lipinski definition) is 2. The summed E-state index contributed by atoms with van der Waals surface area (Å²) < 4.78 is 6.64. The van der Waals surface area contributed by atoms with Gasteiger partial charge < -0.3 is 14.9 Å². The van der Waals surface area contributed by atoms with Gasteiger partial charge in [-0.1, -0.05) is 58.0 Å². The van der Waals surface area contributed by atoms with E-state index in [0.29, 0.717) is 36.4 Å². The molecule has 2 N–H and O–H groups in total. The highest BCUT2D eigenvalue weighted by molar-refractivity contribution is 5.95. The van der Waals surface area contributed by atoms with Crippen LogP contribution in [0.15, 0.2) is 30.3 Å². The first kappa shape index (κ1) is 21.4. The van der Waals surface area contributed by atoms with Crippen molar-refractivity contribution in [2.45, 2.75) is 58.5 Å². The molecule has 1 heterocycles. The van der Waals surface area contributed by atoms with Gasteiger partial charge in [0.2, 0.25) is 0 Å². The number of carbonyl (C=O) groups is 2. The summed E-state index contributed by atoms with van der Waals surface area (Å²) in [5.74, 6) is -0.00316. The third-order valence-corrected chi connectivity index (χ3v) is 7.89. The first-order chi connectivity index (χ1) is 14.7. The maximum absolute atomic E-state index is 12.0. The van der Waals surface area contributed by atoms with Crippen LogP contribution in [0.1, 0.15) is 84.7 Å². The van der Waals surface area contributed by atoms with Crippen molar-refractivity contribution in [1.29, 1.82) is 0 Å². The molecular weight excluding hydrogens is 392 g/mol. The molecule has 0 aromatic heterocycles. The predicted octanol–water partition coefficient (Wildman–Crippen LogP) is 5.47. The molecule has 31 heavy (non-hydrogen) atoms. The minimum Gasteiger partial charge on any atom is -0.507 e. The van der Waals surface area contributed by atoms with Crippen LogP contribution in [0.25, 0.3) is 0 Å². The fourth-order valence-corrected chi connectivity index (χ4v) is 6.18. The lowest BCUT2D eigenvalue weighted by molar-refractivity contribution is -0.0619. The molecular formula is C26H30O5. The zero-order valence-electron chi connectivity index (χ0n) is 18.5. The topological polar surface area (TPSA) is 83.8 Å². The van der Waals surface area contributed by atoms with Crippen LogP contribution in [0.5, 0.6) is 17.2 Å². The van der Waals surface area contributed by atoms with Crippen molar-refractivity contribution in [3.8, 4) is 17.2 Å². The number of fused-ring (bicyclic) bond motifs is 1. The molecule has 2 aromatic carbocycles. The maximum atomic E-state index is 12.0. The standard InChI is InChI=1S/C26H30O5/c1-15(2)20-10-11-26(25(20,3)4)12-17(16-8-6-5-7-9-16)21-23(30)18(13-27)22(29)19(14-28)24(21)31-26/h5-9,13-15,17,20,29-30H,10-12H2,1-4H3/t17-,20?,26-/m0/s1. The summed E-state index contributed by atoms with van der Waals surface area (Å²) in [7, 11) is 0. The van der Waals surface area contributed by atoms with Gasteiger partial charge in [0.05, 0.1) is 11.1 Å². The summed E-state index contributed by atoms with van der Waals surface area (Å²) in [6.07, 6.45) is 3.35. The van der Waals surface area contributed by atoms with E-state index in [1.165, 1.54) is 0 Å². The third kappa shape index (κ3) is 2.97. The lowest BCUT2D eigenvalue weighted by Crippen LogP contribution is -2.52. The molecule has 2 aromatic rings. The molecule has 1 saturated carbocycles. The first-order valence-corrected chi connectivity index (χ1v) is 10.9. The number of rotatable bonds is 4. The van der Waals surface area contributed by atoms with Crippen LogP contribution in [0.4, 0.5) is 0 Å². The summed E-state index contributed by atoms with van der Waals surface area (Å²) in [6, 6.07) is 9.78. The Labute approximate surface area is 183 Å². The second kappa shape index (κ2) is 7.40. The van der Waals surface area contributed by atoms with Crippen LogP contribution >= 0.6 is 0 Å². The molecule has 1 spiro atoms. The van der Waals surface area contributed by atoms with Crippen molar-refractivity contribution in [1.82, 2.24) is 0 Å². The van der Waals surface area contributed by atoms with Gasteiger partial charge in [0.25, 0.3) is 0 Å². The molecule has 4 rings (SSSR count). The molecule has 1 aliphatic heterocycles. The maximum Gasteiger partial charge on any atom is 0.157 e. The van der Waals surface area contributed by atoms with Gasteiger partial charge in [0.15, 0.2) is 12.6 Å². The van der Waals surface area contributed by atoms with E-state index in [4.69, 9.17) is 4.74 Å². The number of ether oxygens (including phenoxy) is 1. The lowest BCUT2D eigenvalue weighted by Gasteiger charge is -2.50. The Morgan fingerprint density at radius 1 is 1.03 bits per heavy atom. The Hall–Kier alpha value is -2.82. The number of aldehydes is 2. The highest BCUT2D eigenvalue weighted by atomic mass is 16.5. The Morgan fingerprint density at radius 2 is 1.68 bits per heavy atom. The van der Waals surface area contributed by atoms with E-state index in [-0.39, 0.29) is 34.0 Å². The summed E-state index contributed by atoms with van der Waals surface area (Å²) in [4.78, 5) is 23.7. The van der Waals surface area contributed by atoms with Gasteiger partial charge in [-0.05, 0) is 36.7 Å². The zero-order valence-corrected chi connectivity index (χ0v) is 18.5. The molecule has 0 bridgehead atoms. The van der Waals surface area contributed by atoms with Gasteiger partial charge in [-0.25, -0.2) is 0 Å². The molecule has 5 heteroatoms. The average molecular weight is 423 g/mol. The van der Waals surface area contributed by atoms with Crippen molar-refractivity contribution in [2.24, 2.45) is 17.3 Å². The van der Waals surface area contributed by atoms with Gasteiger partial charge >= 0.3 is 0 Å². The number of phenols is 2. The highest BCUT2D eigenvalue weighted by Crippen LogP contribution is 2.63. The van der Waals surface area contributed by atoms with Crippen molar-refractivity contribution in [3.63, 3.8) is 0 Å². The molecule has 1 aliphatic carbocycles. The van der Waals surface area contributed by atoms with Gasteiger partial charge in [0.1, 0.15) is 22.8 Å². The van der Waals surface area contributed by atoms with Crippen LogP contribution in [0, 0.1) is 17.3 Å². The average Bonchev–Trinajstić information content (AvgIpc) is 2.98. The molecule has 0 saturated heterocycles. The Balaban J connectivity index is 2.01. The molecule has 5 nitrogen and oxygen atoms in total. The Kier molecular flexibility index (Phi) is 5.11. The second-order valence-electron chi connectivity index (χ2n) is 9.88. The molecule has 0 amide bonds. The van der Waals surface area contributed by atoms with Gasteiger partial charge in [0, 0.05) is 16.9 Å². The van der Waals surface area contributed by atoms with Gasteiger partial charge in [-0.2, -0.15) is 0 Å². The van der Waals surface area contributed by atoms with E-state index in [0.717, 1.165) is 18.4 Å². The van der Waals surface area contributed by atoms with Crippen molar-refractivity contribution in [2.75, 3.05) is 0 Å². The Bertz CT molecular complexity index is 1020. The van der Waals surface area contributed by atoms with Gasteiger partial charge in [-0.15, -0.1) is 0 Å². The van der Waals surface area contributed by atoms with Crippen LogP contribution in [-0.2, 0) is 0 Å². The molecule has 0 radical (unpaired) electrons. The number of aromatic hydroxyl groups is 2. The van der Waals surface area contributed by atoms with Crippen molar-refractivity contribution in [3.05, 3.63) is 52.6 Å². The molecule has 1 fully saturated rings. The van der Waals surface area contributed by atoms with E-state index in [1.807, 2.05) is 30.3 Å². The minimum absolute atomic E-state index is 0.0706. The number of phenolic OH excluding ortho intramolecular Hbond substituents is 2. The van der Waals surface area contributed by atoms with Gasteiger partial charge in [-0.3, -0.25) is 9.59 Å². The van der Waals surface area contributed by atoms with Crippen LogP contribution < -0.4 is 4.74 Å². The Morgan fingerprint density at radius 3 is 2.23 bits per heavy atom. The summed E-state index contributed by atoms with van der Waals surface area (Å²) in [5, 5.41) is 21.6. The fourth-order valence-electron chi connectivity index (χ4n) is 6.18. The van der Waals surface area contributed by atoms with Crippen molar-refractivity contribution < 1.29 is 24.5 Å². The normalized spacial score (nSPS) is 26.5. The summed E-state index contributed by atoms with van der Waals surface area (Å²) in [5.41, 5.74) is 0.286. The molecule has 164 valence electrons. The lowest BCUT2D eigenvalue weighted by atomic mass is 9.63. The first-order valence-electron chi connectivity index (χ1n) is 10.9. The third-order valence-electron chi connectivity index (χ3n) is 7.89. The quantitative estimate of drug-likeness (QED) is 0.639. The monoisotopic (exact) mass is 422 g/mol.